The van der Waals surface area contributed by atoms with Crippen LogP contribution in [-0.4, -0.2) is 17.8 Å². The van der Waals surface area contributed by atoms with Crippen LogP contribution in [0.3, 0.4) is 0 Å². The molecule has 0 saturated heterocycles. The highest BCUT2D eigenvalue weighted by atomic mass is 19.4. The maximum absolute atomic E-state index is 12.3. The number of fused-ring (bicyclic) bond motifs is 1. The molecular formula is C15H16F3NO2. The van der Waals surface area contributed by atoms with E-state index < -0.39 is 12.8 Å². The molecule has 1 N–H and O–H groups in total. The molecule has 1 aromatic heterocycles. The van der Waals surface area contributed by atoms with E-state index in [1.807, 2.05) is 13.8 Å². The SMILES string of the molecule is CC(C)Cc1cc(=O)c2cccc(OCC(F)(F)F)c2[nH]1. The molecule has 3 nitrogen and oxygen atoms in total. The number of rotatable bonds is 4. The molecule has 21 heavy (non-hydrogen) atoms. The first-order chi connectivity index (χ1) is 9.76. The molecule has 0 saturated carbocycles. The van der Waals surface area contributed by atoms with Gasteiger partial charge in [-0.05, 0) is 24.5 Å². The average molecular weight is 299 g/mol. The summed E-state index contributed by atoms with van der Waals surface area (Å²) in [6.07, 6.45) is -3.78. The van der Waals surface area contributed by atoms with Crippen LogP contribution in [0.5, 0.6) is 5.75 Å². The van der Waals surface area contributed by atoms with E-state index in [4.69, 9.17) is 4.74 Å². The lowest BCUT2D eigenvalue weighted by molar-refractivity contribution is -0.153. The van der Waals surface area contributed by atoms with E-state index in [0.717, 1.165) is 0 Å². The molecule has 0 atom stereocenters. The second kappa shape index (κ2) is 5.79. The molecule has 0 fully saturated rings. The van der Waals surface area contributed by atoms with Crippen LogP contribution in [-0.2, 0) is 6.42 Å². The summed E-state index contributed by atoms with van der Waals surface area (Å²) in [5, 5.41) is 0.321. The Hall–Kier alpha value is -1.98. The van der Waals surface area contributed by atoms with Gasteiger partial charge in [0.2, 0.25) is 0 Å². The normalized spacial score (nSPS) is 12.1. The van der Waals surface area contributed by atoms with Gasteiger partial charge in [-0.15, -0.1) is 0 Å². The van der Waals surface area contributed by atoms with E-state index in [1.165, 1.54) is 18.2 Å². The van der Waals surface area contributed by atoms with Crippen LogP contribution in [0.15, 0.2) is 29.1 Å². The molecule has 0 aliphatic carbocycles. The Morgan fingerprint density at radius 2 is 2.00 bits per heavy atom. The van der Waals surface area contributed by atoms with Crippen molar-refractivity contribution in [1.29, 1.82) is 0 Å². The van der Waals surface area contributed by atoms with Crippen LogP contribution in [0, 0.1) is 5.92 Å². The van der Waals surface area contributed by atoms with E-state index in [1.54, 1.807) is 6.07 Å². The van der Waals surface area contributed by atoms with Crippen molar-refractivity contribution in [2.45, 2.75) is 26.4 Å². The van der Waals surface area contributed by atoms with E-state index in [2.05, 4.69) is 4.98 Å². The topological polar surface area (TPSA) is 42.1 Å². The van der Waals surface area contributed by atoms with Crippen molar-refractivity contribution < 1.29 is 17.9 Å². The smallest absolute Gasteiger partial charge is 0.422 e. The number of benzene rings is 1. The van der Waals surface area contributed by atoms with Crippen LogP contribution in [0.2, 0.25) is 0 Å². The first-order valence-corrected chi connectivity index (χ1v) is 6.61. The van der Waals surface area contributed by atoms with Crippen LogP contribution >= 0.6 is 0 Å². The van der Waals surface area contributed by atoms with Crippen LogP contribution in [0.25, 0.3) is 10.9 Å². The Morgan fingerprint density at radius 1 is 1.29 bits per heavy atom. The number of para-hydroxylation sites is 1. The number of halogens is 3. The first-order valence-electron chi connectivity index (χ1n) is 6.61. The van der Waals surface area contributed by atoms with Gasteiger partial charge in [-0.25, -0.2) is 0 Å². The molecule has 114 valence electrons. The summed E-state index contributed by atoms with van der Waals surface area (Å²) in [5.41, 5.74) is 0.771. The van der Waals surface area contributed by atoms with Gasteiger partial charge >= 0.3 is 6.18 Å². The molecule has 0 amide bonds. The minimum atomic E-state index is -4.42. The van der Waals surface area contributed by atoms with Crippen molar-refractivity contribution in [3.8, 4) is 5.75 Å². The fraction of sp³-hybridized carbons (Fsp3) is 0.400. The van der Waals surface area contributed by atoms with Gasteiger partial charge in [0.05, 0.1) is 5.52 Å². The van der Waals surface area contributed by atoms with Crippen LogP contribution in [0.1, 0.15) is 19.5 Å². The summed E-state index contributed by atoms with van der Waals surface area (Å²) in [6.45, 7) is 2.60. The third-order valence-corrected chi connectivity index (χ3v) is 2.90. The lowest BCUT2D eigenvalue weighted by atomic mass is 10.1. The molecule has 2 aromatic rings. The van der Waals surface area contributed by atoms with Crippen molar-refractivity contribution in [1.82, 2.24) is 4.98 Å². The standard InChI is InChI=1S/C15H16F3NO2/c1-9(2)6-10-7-12(20)11-4-3-5-13(14(11)19-10)21-8-15(16,17)18/h3-5,7,9H,6,8H2,1-2H3,(H,19,20). The fourth-order valence-electron chi connectivity index (χ4n) is 2.13. The first kappa shape index (κ1) is 15.4. The zero-order valence-corrected chi connectivity index (χ0v) is 11.8. The lowest BCUT2D eigenvalue weighted by Crippen LogP contribution is -2.19. The molecular weight excluding hydrogens is 283 g/mol. The van der Waals surface area contributed by atoms with Gasteiger partial charge < -0.3 is 9.72 Å². The Bertz CT molecular complexity index is 689. The molecule has 0 aliphatic rings. The molecule has 2 rings (SSSR count). The Balaban J connectivity index is 2.46. The monoisotopic (exact) mass is 299 g/mol. The fourth-order valence-corrected chi connectivity index (χ4v) is 2.13. The average Bonchev–Trinajstić information content (AvgIpc) is 2.34. The predicted molar refractivity (Wildman–Crippen MR) is 74.7 cm³/mol. The highest BCUT2D eigenvalue weighted by Crippen LogP contribution is 2.25. The number of ether oxygens (including phenoxy) is 1. The van der Waals surface area contributed by atoms with Crippen molar-refractivity contribution in [2.75, 3.05) is 6.61 Å². The van der Waals surface area contributed by atoms with Gasteiger partial charge in [-0.2, -0.15) is 13.2 Å². The van der Waals surface area contributed by atoms with Crippen molar-refractivity contribution in [2.24, 2.45) is 5.92 Å². The summed E-state index contributed by atoms with van der Waals surface area (Å²) >= 11 is 0. The van der Waals surface area contributed by atoms with Crippen molar-refractivity contribution in [3.63, 3.8) is 0 Å². The maximum Gasteiger partial charge on any atom is 0.422 e. The number of alkyl halides is 3. The molecule has 0 aliphatic heterocycles. The summed E-state index contributed by atoms with van der Waals surface area (Å²) in [5.74, 6) is 0.355. The molecule has 0 radical (unpaired) electrons. The van der Waals surface area contributed by atoms with Crippen molar-refractivity contribution in [3.05, 3.63) is 40.2 Å². The minimum Gasteiger partial charge on any atom is -0.482 e. The second-order valence-electron chi connectivity index (χ2n) is 5.34. The molecule has 1 heterocycles. The largest absolute Gasteiger partial charge is 0.482 e. The number of hydrogen-bond acceptors (Lipinski definition) is 2. The van der Waals surface area contributed by atoms with Gasteiger partial charge in [0.1, 0.15) is 5.75 Å². The highest BCUT2D eigenvalue weighted by molar-refractivity contribution is 5.84. The molecule has 0 bridgehead atoms. The Morgan fingerprint density at radius 3 is 2.62 bits per heavy atom. The number of pyridine rings is 1. The van der Waals surface area contributed by atoms with Gasteiger partial charge in [0, 0.05) is 17.1 Å². The molecule has 1 aromatic carbocycles. The van der Waals surface area contributed by atoms with Gasteiger partial charge in [0.25, 0.3) is 0 Å². The summed E-state index contributed by atoms with van der Waals surface area (Å²) in [6, 6.07) is 5.97. The minimum absolute atomic E-state index is 0.0348. The summed E-state index contributed by atoms with van der Waals surface area (Å²) in [7, 11) is 0. The zero-order valence-electron chi connectivity index (χ0n) is 11.8. The maximum atomic E-state index is 12.3. The number of nitrogens with one attached hydrogen (secondary N) is 1. The lowest BCUT2D eigenvalue weighted by Gasteiger charge is -2.12. The van der Waals surface area contributed by atoms with Crippen LogP contribution in [0.4, 0.5) is 13.2 Å². The van der Waals surface area contributed by atoms with E-state index in [9.17, 15) is 18.0 Å². The van der Waals surface area contributed by atoms with E-state index in [0.29, 0.717) is 28.9 Å². The van der Waals surface area contributed by atoms with Gasteiger partial charge in [-0.3, -0.25) is 4.79 Å². The highest BCUT2D eigenvalue weighted by Gasteiger charge is 2.28. The third-order valence-electron chi connectivity index (χ3n) is 2.90. The second-order valence-corrected chi connectivity index (χ2v) is 5.34. The van der Waals surface area contributed by atoms with E-state index in [-0.39, 0.29) is 11.2 Å². The number of aromatic amines is 1. The molecule has 0 unspecified atom stereocenters. The molecule has 0 spiro atoms. The summed E-state index contributed by atoms with van der Waals surface area (Å²) in [4.78, 5) is 15.0. The Labute approximate surface area is 119 Å². The number of H-pyrrole nitrogens is 1. The quantitative estimate of drug-likeness (QED) is 0.936. The van der Waals surface area contributed by atoms with Gasteiger partial charge in [-0.1, -0.05) is 19.9 Å². The third kappa shape index (κ3) is 4.00. The van der Waals surface area contributed by atoms with Crippen LogP contribution < -0.4 is 10.2 Å². The van der Waals surface area contributed by atoms with Crippen molar-refractivity contribution >= 4 is 10.9 Å². The number of hydrogen-bond donors (Lipinski definition) is 1. The zero-order chi connectivity index (χ0) is 15.6. The summed E-state index contributed by atoms with van der Waals surface area (Å²) < 4.78 is 41.6. The van der Waals surface area contributed by atoms with E-state index >= 15 is 0 Å². The predicted octanol–water partition coefficient (Wildman–Crippen LogP) is 3.67. The number of aromatic nitrogens is 1. The van der Waals surface area contributed by atoms with Gasteiger partial charge in [0.15, 0.2) is 12.0 Å². The molecule has 6 heteroatoms. The Kier molecular flexibility index (Phi) is 4.25.